The van der Waals surface area contributed by atoms with Gasteiger partial charge in [0.2, 0.25) is 5.75 Å². The molecule has 3 aromatic carbocycles. The predicted molar refractivity (Wildman–Crippen MR) is 304 cm³/mol. The molecule has 24 heteroatoms. The molecule has 3 N–H and O–H groups in total. The van der Waals surface area contributed by atoms with Crippen molar-refractivity contribution in [2.75, 3.05) is 244 Å². The van der Waals surface area contributed by atoms with Gasteiger partial charge in [-0.05, 0) is 53.9 Å². The molecule has 0 aromatic heterocycles. The van der Waals surface area contributed by atoms with Crippen molar-refractivity contribution in [1.29, 1.82) is 0 Å². The number of rotatable bonds is 61. The van der Waals surface area contributed by atoms with Crippen LogP contribution < -0.4 is 23.7 Å². The van der Waals surface area contributed by atoms with Crippen LogP contribution in [0.25, 0.3) is 11.1 Å². The van der Waals surface area contributed by atoms with Gasteiger partial charge in [0.15, 0.2) is 11.5 Å². The van der Waals surface area contributed by atoms with Crippen LogP contribution in [0.1, 0.15) is 30.1 Å². The normalized spacial score (nSPS) is 11.4. The standard InChI is InChI=1S/C59H94O24/c1-2-3-15-79-54-8-4-51(5-9-54)52-6-10-55(11-7-52)83-59(63)53-49-56(80-46-43-76-40-37-73-34-31-70-28-25-67-22-19-64-16-12-60)58(82-48-45-78-42-39-75-36-33-72-30-27-69-24-21-66-18-14-62)57(50-53)81-47-44-77-41-38-74-35-32-71-29-26-68-23-20-65-17-13-61/h4-11,49-50,60-62H,2-3,12-48H2,1H3. The molecule has 0 unspecified atom stereocenters. The number of carbonyl (C=O) groups excluding carboxylic acids is 1. The van der Waals surface area contributed by atoms with Crippen LogP contribution in [-0.4, -0.2) is 266 Å². The minimum absolute atomic E-state index is 0.0203. The summed E-state index contributed by atoms with van der Waals surface area (Å²) in [5.41, 5.74) is 2.06. The summed E-state index contributed by atoms with van der Waals surface area (Å²) in [6.07, 6.45) is 2.04. The van der Waals surface area contributed by atoms with Crippen LogP contribution in [0.5, 0.6) is 28.7 Å². The maximum atomic E-state index is 13.9. The number of hydrogen-bond donors (Lipinski definition) is 3. The lowest BCUT2D eigenvalue weighted by Gasteiger charge is -2.19. The van der Waals surface area contributed by atoms with E-state index in [4.69, 9.17) is 110 Å². The van der Waals surface area contributed by atoms with Gasteiger partial charge in [-0.2, -0.15) is 0 Å². The first-order valence-electron chi connectivity index (χ1n) is 28.7. The van der Waals surface area contributed by atoms with Gasteiger partial charge in [0.05, 0.1) is 230 Å². The second-order valence-electron chi connectivity index (χ2n) is 17.3. The number of carbonyl (C=O) groups is 1. The molecular weight excluding hydrogens is 1090 g/mol. The molecule has 0 saturated heterocycles. The number of aliphatic hydroxyl groups is 3. The molecule has 0 saturated carbocycles. The lowest BCUT2D eigenvalue weighted by Crippen LogP contribution is -2.17. The third-order valence-electron chi connectivity index (χ3n) is 10.9. The molecule has 3 rings (SSSR count). The number of esters is 1. The second-order valence-corrected chi connectivity index (χ2v) is 17.3. The SMILES string of the molecule is CCCCOc1ccc(-c2ccc(OC(=O)c3cc(OCCOCCOCCOCCOCCOCCO)c(OCCOCCOCCOCCOCCOCCO)c(OCCOCCOCCOCCOCCOCCO)c3)cc2)cc1. The van der Waals surface area contributed by atoms with Crippen molar-refractivity contribution in [2.45, 2.75) is 19.8 Å². The first-order valence-corrected chi connectivity index (χ1v) is 28.7. The van der Waals surface area contributed by atoms with Gasteiger partial charge in [-0.3, -0.25) is 0 Å². The summed E-state index contributed by atoms with van der Waals surface area (Å²) in [5.74, 6) is 1.15. The van der Waals surface area contributed by atoms with Gasteiger partial charge < -0.3 is 110 Å². The van der Waals surface area contributed by atoms with E-state index in [0.717, 1.165) is 29.7 Å². The predicted octanol–water partition coefficient (Wildman–Crippen LogP) is 4.11. The summed E-state index contributed by atoms with van der Waals surface area (Å²) < 4.78 is 113. The molecule has 3 aromatic rings. The fourth-order valence-corrected chi connectivity index (χ4v) is 6.77. The molecule has 0 aliphatic heterocycles. The maximum Gasteiger partial charge on any atom is 0.343 e. The van der Waals surface area contributed by atoms with Crippen LogP contribution in [-0.2, 0) is 71.1 Å². The van der Waals surface area contributed by atoms with E-state index < -0.39 is 5.97 Å². The molecule has 0 radical (unpaired) electrons. The Balaban J connectivity index is 1.60. The van der Waals surface area contributed by atoms with Crippen molar-refractivity contribution in [3.05, 3.63) is 66.2 Å². The highest BCUT2D eigenvalue weighted by atomic mass is 16.6. The van der Waals surface area contributed by atoms with Crippen LogP contribution in [0, 0.1) is 0 Å². The van der Waals surface area contributed by atoms with Crippen molar-refractivity contribution in [1.82, 2.24) is 0 Å². The average molecular weight is 1190 g/mol. The lowest BCUT2D eigenvalue weighted by atomic mass is 10.1. The second kappa shape index (κ2) is 54.3. The van der Waals surface area contributed by atoms with Crippen molar-refractivity contribution in [2.24, 2.45) is 0 Å². The van der Waals surface area contributed by atoms with E-state index in [9.17, 15) is 4.79 Å². The minimum atomic E-state index is -0.655. The zero-order chi connectivity index (χ0) is 59.0. The van der Waals surface area contributed by atoms with Crippen LogP contribution in [0.15, 0.2) is 60.7 Å². The first-order chi connectivity index (χ1) is 41.1. The molecule has 0 spiro atoms. The van der Waals surface area contributed by atoms with Gasteiger partial charge in [0.1, 0.15) is 31.3 Å². The minimum Gasteiger partial charge on any atom is -0.494 e. The van der Waals surface area contributed by atoms with Crippen molar-refractivity contribution < 1.29 is 115 Å². The Morgan fingerprint density at radius 3 is 0.867 bits per heavy atom. The molecule has 0 aliphatic carbocycles. The molecule has 0 amide bonds. The Kier molecular flexibility index (Phi) is 47.6. The summed E-state index contributed by atoms with van der Waals surface area (Å²) >= 11 is 0. The Morgan fingerprint density at radius 2 is 0.578 bits per heavy atom. The third-order valence-corrected chi connectivity index (χ3v) is 10.9. The summed E-state index contributed by atoms with van der Waals surface area (Å²) in [5, 5.41) is 26.3. The first kappa shape index (κ1) is 72.9. The molecule has 24 nitrogen and oxygen atoms in total. The zero-order valence-electron chi connectivity index (χ0n) is 48.8. The van der Waals surface area contributed by atoms with E-state index in [0.29, 0.717) is 171 Å². The molecule has 0 aliphatic rings. The van der Waals surface area contributed by atoms with Crippen LogP contribution in [0.4, 0.5) is 0 Å². The van der Waals surface area contributed by atoms with Gasteiger partial charge in [-0.1, -0.05) is 37.6 Å². The van der Waals surface area contributed by atoms with Crippen molar-refractivity contribution in [3.8, 4) is 39.9 Å². The highest BCUT2D eigenvalue weighted by Crippen LogP contribution is 2.39. The summed E-state index contributed by atoms with van der Waals surface area (Å²) in [4.78, 5) is 13.9. The Labute approximate surface area is 489 Å². The van der Waals surface area contributed by atoms with Gasteiger partial charge in [0, 0.05) is 0 Å². The highest BCUT2D eigenvalue weighted by molar-refractivity contribution is 5.92. The van der Waals surface area contributed by atoms with Gasteiger partial charge >= 0.3 is 5.97 Å². The third kappa shape index (κ3) is 39.8. The summed E-state index contributed by atoms with van der Waals surface area (Å²) in [7, 11) is 0. The van der Waals surface area contributed by atoms with E-state index in [-0.39, 0.29) is 102 Å². The summed E-state index contributed by atoms with van der Waals surface area (Å²) in [6, 6.07) is 18.2. The molecule has 0 bridgehead atoms. The van der Waals surface area contributed by atoms with Gasteiger partial charge in [-0.25, -0.2) is 4.79 Å². The number of aliphatic hydroxyl groups excluding tert-OH is 3. The Morgan fingerprint density at radius 1 is 0.313 bits per heavy atom. The zero-order valence-corrected chi connectivity index (χ0v) is 48.8. The van der Waals surface area contributed by atoms with E-state index in [2.05, 4.69) is 6.92 Å². The highest BCUT2D eigenvalue weighted by Gasteiger charge is 2.21. The van der Waals surface area contributed by atoms with Gasteiger partial charge in [0.25, 0.3) is 0 Å². The smallest absolute Gasteiger partial charge is 0.343 e. The molecule has 83 heavy (non-hydrogen) atoms. The molecule has 0 atom stereocenters. The van der Waals surface area contributed by atoms with Crippen LogP contribution in [0.2, 0.25) is 0 Å². The van der Waals surface area contributed by atoms with Crippen LogP contribution >= 0.6 is 0 Å². The number of unbranched alkanes of at least 4 members (excludes halogenated alkanes) is 1. The lowest BCUT2D eigenvalue weighted by molar-refractivity contribution is -0.0154. The molecular formula is C59H94O24. The average Bonchev–Trinajstić information content (AvgIpc) is 3.70. The molecule has 474 valence electrons. The van der Waals surface area contributed by atoms with E-state index in [1.807, 2.05) is 36.4 Å². The fraction of sp³-hybridized carbons (Fsp3) is 0.678. The van der Waals surface area contributed by atoms with Crippen molar-refractivity contribution in [3.63, 3.8) is 0 Å². The van der Waals surface area contributed by atoms with Crippen LogP contribution in [0.3, 0.4) is 0 Å². The largest absolute Gasteiger partial charge is 0.494 e. The van der Waals surface area contributed by atoms with E-state index in [1.54, 1.807) is 24.3 Å². The summed E-state index contributed by atoms with van der Waals surface area (Å²) in [6.45, 7) is 13.7. The van der Waals surface area contributed by atoms with Gasteiger partial charge in [-0.15, -0.1) is 0 Å². The Bertz CT molecular complexity index is 1850. The topological polar surface area (TPSA) is 262 Å². The molecule has 0 heterocycles. The Hall–Kier alpha value is -4.39. The van der Waals surface area contributed by atoms with E-state index >= 15 is 0 Å². The number of ether oxygens (including phenoxy) is 20. The monoisotopic (exact) mass is 1190 g/mol. The molecule has 0 fully saturated rings. The maximum absolute atomic E-state index is 13.9. The number of hydrogen-bond acceptors (Lipinski definition) is 24. The fourth-order valence-electron chi connectivity index (χ4n) is 6.77. The van der Waals surface area contributed by atoms with E-state index in [1.165, 1.54) is 0 Å². The van der Waals surface area contributed by atoms with Crippen molar-refractivity contribution >= 4 is 5.97 Å². The number of benzene rings is 3. The quantitative estimate of drug-likeness (QED) is 0.0408.